The van der Waals surface area contributed by atoms with E-state index >= 15 is 0 Å². The molecular formula is C14H24N2O3. The van der Waals surface area contributed by atoms with Crippen LogP contribution >= 0.6 is 0 Å². The highest BCUT2D eigenvalue weighted by Crippen LogP contribution is 2.33. The maximum atomic E-state index is 11.6. The molecule has 0 atom stereocenters. The number of aliphatic carboxylic acids is 1. The number of rotatable bonds is 6. The second kappa shape index (κ2) is 6.78. The first-order valence-corrected chi connectivity index (χ1v) is 7.42. The van der Waals surface area contributed by atoms with Crippen LogP contribution < -0.4 is 10.6 Å². The van der Waals surface area contributed by atoms with E-state index in [0.717, 1.165) is 31.7 Å². The second-order valence-corrected chi connectivity index (χ2v) is 5.87. The quantitative estimate of drug-likeness (QED) is 0.646. The molecule has 2 amide bonds. The number of carboxylic acid groups (broad SMARTS) is 1. The van der Waals surface area contributed by atoms with Gasteiger partial charge in [0.25, 0.3) is 0 Å². The van der Waals surface area contributed by atoms with E-state index < -0.39 is 5.97 Å². The fraction of sp³-hybridized carbons (Fsp3) is 0.857. The Balaban J connectivity index is 1.53. The van der Waals surface area contributed by atoms with Gasteiger partial charge >= 0.3 is 12.0 Å². The van der Waals surface area contributed by atoms with Crippen LogP contribution in [0, 0.1) is 11.8 Å². The predicted octanol–water partition coefficient (Wildman–Crippen LogP) is 2.12. The summed E-state index contributed by atoms with van der Waals surface area (Å²) in [5.74, 6) is -0.0150. The lowest BCUT2D eigenvalue weighted by atomic mass is 9.86. The number of amides is 2. The van der Waals surface area contributed by atoms with Crippen molar-refractivity contribution in [3.05, 3.63) is 0 Å². The highest BCUT2D eigenvalue weighted by molar-refractivity contribution is 5.74. The van der Waals surface area contributed by atoms with Crippen molar-refractivity contribution in [1.29, 1.82) is 0 Å². The van der Waals surface area contributed by atoms with Crippen molar-refractivity contribution >= 4 is 12.0 Å². The minimum atomic E-state index is -0.706. The van der Waals surface area contributed by atoms with Gasteiger partial charge in [-0.3, -0.25) is 4.79 Å². The number of hydrogen-bond acceptors (Lipinski definition) is 2. The van der Waals surface area contributed by atoms with E-state index in [-0.39, 0.29) is 18.0 Å². The average Bonchev–Trinajstić information content (AvgIpc) is 3.19. The normalized spacial score (nSPS) is 26.7. The van der Waals surface area contributed by atoms with Crippen LogP contribution in [-0.4, -0.2) is 29.7 Å². The van der Waals surface area contributed by atoms with E-state index in [1.165, 1.54) is 19.3 Å². The zero-order chi connectivity index (χ0) is 13.7. The van der Waals surface area contributed by atoms with Crippen molar-refractivity contribution in [3.63, 3.8) is 0 Å². The minimum Gasteiger partial charge on any atom is -0.481 e. The molecule has 0 saturated heterocycles. The third kappa shape index (κ3) is 5.09. The summed E-state index contributed by atoms with van der Waals surface area (Å²) >= 11 is 0. The van der Waals surface area contributed by atoms with Crippen molar-refractivity contribution in [2.24, 2.45) is 11.8 Å². The number of carboxylic acids is 1. The van der Waals surface area contributed by atoms with Gasteiger partial charge in [0.05, 0.1) is 5.92 Å². The van der Waals surface area contributed by atoms with Gasteiger partial charge in [-0.15, -0.1) is 0 Å². The molecule has 19 heavy (non-hydrogen) atoms. The van der Waals surface area contributed by atoms with Crippen molar-refractivity contribution in [2.75, 3.05) is 6.54 Å². The smallest absolute Gasteiger partial charge is 0.315 e. The number of carbonyl (C=O) groups is 2. The van der Waals surface area contributed by atoms with Gasteiger partial charge in [-0.25, -0.2) is 4.79 Å². The number of carbonyl (C=O) groups excluding carboxylic acids is 1. The predicted molar refractivity (Wildman–Crippen MR) is 71.9 cm³/mol. The van der Waals surface area contributed by atoms with Crippen LogP contribution in [0.5, 0.6) is 0 Å². The van der Waals surface area contributed by atoms with Gasteiger partial charge in [-0.05, 0) is 44.4 Å². The monoisotopic (exact) mass is 268 g/mol. The maximum absolute atomic E-state index is 11.6. The standard InChI is InChI=1S/C14H24N2O3/c17-13(18)11-5-7-12(8-6-11)16-14(19)15-9-1-2-10-3-4-10/h10-12H,1-9H2,(H,17,18)(H2,15,16,19). The molecule has 0 aromatic heterocycles. The third-order valence-corrected chi connectivity index (χ3v) is 4.18. The lowest BCUT2D eigenvalue weighted by Gasteiger charge is -2.26. The fourth-order valence-electron chi connectivity index (χ4n) is 2.72. The molecule has 2 saturated carbocycles. The summed E-state index contributed by atoms with van der Waals surface area (Å²) in [4.78, 5) is 22.5. The van der Waals surface area contributed by atoms with Crippen molar-refractivity contribution in [3.8, 4) is 0 Å². The Labute approximate surface area is 114 Å². The Morgan fingerprint density at radius 1 is 1.05 bits per heavy atom. The molecular weight excluding hydrogens is 244 g/mol. The number of nitrogens with one attached hydrogen (secondary N) is 2. The van der Waals surface area contributed by atoms with Crippen LogP contribution in [0.2, 0.25) is 0 Å². The first kappa shape index (κ1) is 14.2. The van der Waals surface area contributed by atoms with E-state index in [0.29, 0.717) is 12.8 Å². The van der Waals surface area contributed by atoms with Gasteiger partial charge in [0.15, 0.2) is 0 Å². The molecule has 2 aliphatic rings. The van der Waals surface area contributed by atoms with Crippen LogP contribution in [0.4, 0.5) is 4.79 Å². The Morgan fingerprint density at radius 2 is 1.74 bits per heavy atom. The minimum absolute atomic E-state index is 0.102. The topological polar surface area (TPSA) is 78.4 Å². The molecule has 0 aliphatic heterocycles. The van der Waals surface area contributed by atoms with Crippen molar-refractivity contribution in [2.45, 2.75) is 57.4 Å². The molecule has 2 aliphatic carbocycles. The van der Waals surface area contributed by atoms with Crippen LogP contribution in [0.1, 0.15) is 51.4 Å². The van der Waals surface area contributed by atoms with Gasteiger partial charge in [-0.1, -0.05) is 12.8 Å². The van der Waals surface area contributed by atoms with Gasteiger partial charge in [0, 0.05) is 12.6 Å². The van der Waals surface area contributed by atoms with Gasteiger partial charge in [0.1, 0.15) is 0 Å². The summed E-state index contributed by atoms with van der Waals surface area (Å²) in [6, 6.07) is 0.0357. The van der Waals surface area contributed by atoms with Gasteiger partial charge in [0.2, 0.25) is 0 Å². The Hall–Kier alpha value is -1.26. The number of hydrogen-bond donors (Lipinski definition) is 3. The lowest BCUT2D eigenvalue weighted by molar-refractivity contribution is -0.142. The summed E-state index contributed by atoms with van der Waals surface area (Å²) in [5, 5.41) is 14.7. The zero-order valence-corrected chi connectivity index (χ0v) is 11.4. The summed E-state index contributed by atoms with van der Waals surface area (Å²) in [7, 11) is 0. The molecule has 0 aromatic carbocycles. The van der Waals surface area contributed by atoms with Gasteiger partial charge < -0.3 is 15.7 Å². The number of urea groups is 1. The second-order valence-electron chi connectivity index (χ2n) is 5.87. The van der Waals surface area contributed by atoms with E-state index in [2.05, 4.69) is 10.6 Å². The van der Waals surface area contributed by atoms with Crippen LogP contribution in [0.3, 0.4) is 0 Å². The SMILES string of the molecule is O=C(NCCCC1CC1)NC1CCC(C(=O)O)CC1. The first-order chi connectivity index (χ1) is 9.15. The van der Waals surface area contributed by atoms with Crippen molar-refractivity contribution in [1.82, 2.24) is 10.6 Å². The summed E-state index contributed by atoms with van der Waals surface area (Å²) in [6.07, 6.45) is 7.88. The molecule has 108 valence electrons. The first-order valence-electron chi connectivity index (χ1n) is 7.42. The molecule has 2 rings (SSSR count). The van der Waals surface area contributed by atoms with E-state index in [1.54, 1.807) is 0 Å². The molecule has 0 spiro atoms. The third-order valence-electron chi connectivity index (χ3n) is 4.18. The van der Waals surface area contributed by atoms with Crippen LogP contribution in [0.15, 0.2) is 0 Å². The summed E-state index contributed by atoms with van der Waals surface area (Å²) < 4.78 is 0. The maximum Gasteiger partial charge on any atom is 0.315 e. The van der Waals surface area contributed by atoms with Crippen LogP contribution in [-0.2, 0) is 4.79 Å². The molecule has 5 nitrogen and oxygen atoms in total. The molecule has 3 N–H and O–H groups in total. The highest BCUT2D eigenvalue weighted by atomic mass is 16.4. The van der Waals surface area contributed by atoms with Crippen LogP contribution in [0.25, 0.3) is 0 Å². The largest absolute Gasteiger partial charge is 0.481 e. The lowest BCUT2D eigenvalue weighted by Crippen LogP contribution is -2.44. The summed E-state index contributed by atoms with van der Waals surface area (Å²) in [6.45, 7) is 0.743. The molecule has 0 heterocycles. The zero-order valence-electron chi connectivity index (χ0n) is 11.4. The molecule has 0 bridgehead atoms. The van der Waals surface area contributed by atoms with E-state index in [1.807, 2.05) is 0 Å². The molecule has 0 unspecified atom stereocenters. The Kier molecular flexibility index (Phi) is 5.05. The molecule has 5 heteroatoms. The van der Waals surface area contributed by atoms with E-state index in [9.17, 15) is 9.59 Å². The highest BCUT2D eigenvalue weighted by Gasteiger charge is 2.26. The Morgan fingerprint density at radius 3 is 2.32 bits per heavy atom. The molecule has 2 fully saturated rings. The van der Waals surface area contributed by atoms with Gasteiger partial charge in [-0.2, -0.15) is 0 Å². The molecule has 0 aromatic rings. The molecule has 0 radical (unpaired) electrons. The Bertz CT molecular complexity index is 321. The fourth-order valence-corrected chi connectivity index (χ4v) is 2.72. The summed E-state index contributed by atoms with van der Waals surface area (Å²) in [5.41, 5.74) is 0. The van der Waals surface area contributed by atoms with Crippen molar-refractivity contribution < 1.29 is 14.7 Å². The average molecular weight is 268 g/mol. The van der Waals surface area contributed by atoms with E-state index in [4.69, 9.17) is 5.11 Å².